The molecule has 1 aliphatic heterocycles. The second kappa shape index (κ2) is 8.39. The van der Waals surface area contributed by atoms with Gasteiger partial charge in [-0.2, -0.15) is 4.98 Å². The fraction of sp³-hybridized carbons (Fsp3) is 0.304. The zero-order chi connectivity index (χ0) is 22.4. The van der Waals surface area contributed by atoms with E-state index in [1.807, 2.05) is 16.7 Å². The zero-order valence-electron chi connectivity index (χ0n) is 17.5. The minimum absolute atomic E-state index is 0.0576. The summed E-state index contributed by atoms with van der Waals surface area (Å²) in [5, 5.41) is 5.85. The average molecular weight is 483 g/mol. The Morgan fingerprint density at radius 3 is 2.73 bits per heavy atom. The third-order valence-electron chi connectivity index (χ3n) is 5.93. The predicted molar refractivity (Wildman–Crippen MR) is 124 cm³/mol. The van der Waals surface area contributed by atoms with Gasteiger partial charge in [0.1, 0.15) is 0 Å². The maximum absolute atomic E-state index is 13.5. The normalized spacial score (nSPS) is 15.5. The number of rotatable bonds is 5. The van der Waals surface area contributed by atoms with E-state index in [2.05, 4.69) is 10.1 Å². The minimum atomic E-state index is -0.0576. The highest BCUT2D eigenvalue weighted by Crippen LogP contribution is 2.37. The zero-order valence-corrected chi connectivity index (χ0v) is 19.1. The summed E-state index contributed by atoms with van der Waals surface area (Å²) in [6.07, 6.45) is 4.13. The van der Waals surface area contributed by atoms with E-state index in [1.54, 1.807) is 24.3 Å². The molecule has 0 radical (unpaired) electrons. The Bertz CT molecular complexity index is 1410. The van der Waals surface area contributed by atoms with Crippen molar-refractivity contribution in [2.45, 2.75) is 42.6 Å². The molecule has 0 atom stereocenters. The topological polar surface area (TPSA) is 92.3 Å². The SMILES string of the molecule is O=c1c2cc3c(cc2nc(SCc2nc(-c4cccc(Cl)c4)no2)n1C1CCCC1)OCO3. The molecule has 1 fully saturated rings. The van der Waals surface area contributed by atoms with Gasteiger partial charge in [0.25, 0.3) is 5.56 Å². The standard InChI is InChI=1S/C23H19ClN4O4S/c24-14-5-3-4-13(8-14)21-26-20(32-27-21)11-33-23-25-17-10-19-18(30-12-31-19)9-16(17)22(29)28(23)15-6-1-2-7-15/h3-5,8-10,15H,1-2,6-7,11-12H2. The molecule has 1 aliphatic carbocycles. The van der Waals surface area contributed by atoms with Crippen LogP contribution in [-0.2, 0) is 5.75 Å². The maximum Gasteiger partial charge on any atom is 0.262 e. The number of hydrogen-bond acceptors (Lipinski definition) is 8. The Kier molecular flexibility index (Phi) is 5.22. The Morgan fingerprint density at radius 2 is 1.91 bits per heavy atom. The van der Waals surface area contributed by atoms with Crippen molar-refractivity contribution in [2.24, 2.45) is 0 Å². The van der Waals surface area contributed by atoms with E-state index >= 15 is 0 Å². The van der Waals surface area contributed by atoms with Crippen LogP contribution in [0.15, 0.2) is 50.9 Å². The van der Waals surface area contributed by atoms with Gasteiger partial charge in [-0.1, -0.05) is 53.5 Å². The summed E-state index contributed by atoms with van der Waals surface area (Å²) >= 11 is 7.49. The minimum Gasteiger partial charge on any atom is -0.454 e. The molecular weight excluding hydrogens is 464 g/mol. The highest BCUT2D eigenvalue weighted by Gasteiger charge is 2.25. The number of ether oxygens (including phenoxy) is 2. The monoisotopic (exact) mass is 482 g/mol. The lowest BCUT2D eigenvalue weighted by Crippen LogP contribution is -2.26. The molecule has 6 rings (SSSR count). The number of halogens is 1. The molecule has 0 spiro atoms. The summed E-state index contributed by atoms with van der Waals surface area (Å²) in [5.41, 5.74) is 1.31. The summed E-state index contributed by atoms with van der Waals surface area (Å²) < 4.78 is 18.2. The molecule has 0 bridgehead atoms. The second-order valence-electron chi connectivity index (χ2n) is 8.04. The average Bonchev–Trinajstić information content (AvgIpc) is 3.58. The van der Waals surface area contributed by atoms with Crippen LogP contribution in [0.1, 0.15) is 37.6 Å². The molecular formula is C23H19ClN4O4S. The lowest BCUT2D eigenvalue weighted by Gasteiger charge is -2.18. The van der Waals surface area contributed by atoms with Crippen LogP contribution in [0.3, 0.4) is 0 Å². The third kappa shape index (κ3) is 3.85. The van der Waals surface area contributed by atoms with Gasteiger partial charge in [0, 0.05) is 22.7 Å². The van der Waals surface area contributed by atoms with Crippen molar-refractivity contribution in [1.82, 2.24) is 19.7 Å². The van der Waals surface area contributed by atoms with E-state index in [0.717, 1.165) is 31.2 Å². The first kappa shape index (κ1) is 20.6. The number of benzene rings is 2. The van der Waals surface area contributed by atoms with E-state index in [0.29, 0.717) is 50.0 Å². The van der Waals surface area contributed by atoms with Gasteiger partial charge in [-0.15, -0.1) is 0 Å². The molecule has 0 amide bonds. The van der Waals surface area contributed by atoms with Crippen LogP contribution in [-0.4, -0.2) is 26.5 Å². The molecule has 0 saturated heterocycles. The van der Waals surface area contributed by atoms with Crippen LogP contribution >= 0.6 is 23.4 Å². The summed E-state index contributed by atoms with van der Waals surface area (Å²) in [6, 6.07) is 10.9. The lowest BCUT2D eigenvalue weighted by atomic mass is 10.2. The van der Waals surface area contributed by atoms with Crippen molar-refractivity contribution in [1.29, 1.82) is 0 Å². The van der Waals surface area contributed by atoms with Crippen LogP contribution in [0.25, 0.3) is 22.3 Å². The van der Waals surface area contributed by atoms with Crippen molar-refractivity contribution in [3.05, 3.63) is 57.7 Å². The Morgan fingerprint density at radius 1 is 1.09 bits per heavy atom. The molecule has 2 aliphatic rings. The van der Waals surface area contributed by atoms with E-state index < -0.39 is 0 Å². The van der Waals surface area contributed by atoms with Crippen LogP contribution in [0.4, 0.5) is 0 Å². The molecule has 3 heterocycles. The lowest BCUT2D eigenvalue weighted by molar-refractivity contribution is 0.174. The quantitative estimate of drug-likeness (QED) is 0.282. The van der Waals surface area contributed by atoms with Crippen molar-refractivity contribution in [3.63, 3.8) is 0 Å². The van der Waals surface area contributed by atoms with Gasteiger partial charge in [-0.05, 0) is 31.0 Å². The molecule has 33 heavy (non-hydrogen) atoms. The van der Waals surface area contributed by atoms with Crippen molar-refractivity contribution in [3.8, 4) is 22.9 Å². The van der Waals surface area contributed by atoms with Crippen molar-refractivity contribution >= 4 is 34.3 Å². The number of fused-ring (bicyclic) bond motifs is 2. The van der Waals surface area contributed by atoms with Gasteiger partial charge in [-0.25, -0.2) is 4.98 Å². The smallest absolute Gasteiger partial charge is 0.262 e. The molecule has 10 heteroatoms. The fourth-order valence-electron chi connectivity index (χ4n) is 4.34. The van der Waals surface area contributed by atoms with Gasteiger partial charge in [0.15, 0.2) is 16.7 Å². The second-order valence-corrected chi connectivity index (χ2v) is 9.42. The Hall–Kier alpha value is -3.04. The van der Waals surface area contributed by atoms with E-state index in [1.165, 1.54) is 11.8 Å². The summed E-state index contributed by atoms with van der Waals surface area (Å²) in [5.74, 6) is 2.50. The first-order valence-corrected chi connectivity index (χ1v) is 12.1. The molecule has 0 unspecified atom stereocenters. The third-order valence-corrected chi connectivity index (χ3v) is 7.10. The van der Waals surface area contributed by atoms with E-state index in [-0.39, 0.29) is 18.4 Å². The van der Waals surface area contributed by atoms with Crippen LogP contribution in [0.2, 0.25) is 5.02 Å². The van der Waals surface area contributed by atoms with Crippen LogP contribution in [0.5, 0.6) is 11.5 Å². The fourth-order valence-corrected chi connectivity index (χ4v) is 5.43. The molecule has 1 saturated carbocycles. The van der Waals surface area contributed by atoms with Crippen molar-refractivity contribution < 1.29 is 14.0 Å². The van der Waals surface area contributed by atoms with Crippen LogP contribution < -0.4 is 15.0 Å². The number of nitrogens with zero attached hydrogens (tertiary/aromatic N) is 4. The first-order chi connectivity index (χ1) is 16.2. The van der Waals surface area contributed by atoms with Gasteiger partial charge in [0.2, 0.25) is 18.5 Å². The summed E-state index contributed by atoms with van der Waals surface area (Å²) in [4.78, 5) is 22.8. The summed E-state index contributed by atoms with van der Waals surface area (Å²) in [7, 11) is 0. The maximum atomic E-state index is 13.5. The molecule has 2 aromatic carbocycles. The van der Waals surface area contributed by atoms with E-state index in [4.69, 9.17) is 30.6 Å². The molecule has 8 nitrogen and oxygen atoms in total. The van der Waals surface area contributed by atoms with Crippen molar-refractivity contribution in [2.75, 3.05) is 6.79 Å². The first-order valence-electron chi connectivity index (χ1n) is 10.7. The number of hydrogen-bond donors (Lipinski definition) is 0. The molecule has 168 valence electrons. The molecule has 4 aromatic rings. The highest BCUT2D eigenvalue weighted by molar-refractivity contribution is 7.98. The van der Waals surface area contributed by atoms with E-state index in [9.17, 15) is 4.79 Å². The van der Waals surface area contributed by atoms with Gasteiger partial charge < -0.3 is 14.0 Å². The van der Waals surface area contributed by atoms with Crippen LogP contribution in [0, 0.1) is 0 Å². The van der Waals surface area contributed by atoms with Gasteiger partial charge in [-0.3, -0.25) is 9.36 Å². The Labute approximate surface area is 197 Å². The largest absolute Gasteiger partial charge is 0.454 e. The van der Waals surface area contributed by atoms with Gasteiger partial charge in [0.05, 0.1) is 16.7 Å². The van der Waals surface area contributed by atoms with Gasteiger partial charge >= 0.3 is 0 Å². The Balaban J connectivity index is 1.35. The molecule has 0 N–H and O–H groups in total. The predicted octanol–water partition coefficient (Wildman–Crippen LogP) is 5.24. The summed E-state index contributed by atoms with van der Waals surface area (Å²) in [6.45, 7) is 0.149. The number of thioether (sulfide) groups is 1. The highest BCUT2D eigenvalue weighted by atomic mass is 35.5. The molecule has 2 aromatic heterocycles. The number of aromatic nitrogens is 4.